The number of aromatic nitrogens is 1. The molecule has 7 nitrogen and oxygen atoms in total. The quantitative estimate of drug-likeness (QED) is 0.418. The third-order valence-electron chi connectivity index (χ3n) is 4.78. The number of hydrogen-bond acceptors (Lipinski definition) is 5. The van der Waals surface area contributed by atoms with Crippen LogP contribution in [0.4, 0.5) is 8.78 Å². The summed E-state index contributed by atoms with van der Waals surface area (Å²) in [5, 5.41) is 10.5. The van der Waals surface area contributed by atoms with Gasteiger partial charge in [-0.15, -0.1) is 0 Å². The number of benzene rings is 1. The van der Waals surface area contributed by atoms with E-state index >= 15 is 0 Å². The zero-order chi connectivity index (χ0) is 21.9. The topological polar surface area (TPSA) is 80.9 Å². The normalized spacial score (nSPS) is 11.8. The Balaban J connectivity index is 1.85. The lowest BCUT2D eigenvalue weighted by Crippen LogP contribution is -2.37. The summed E-state index contributed by atoms with van der Waals surface area (Å²) in [5.41, 5.74) is 1.81. The molecule has 0 aliphatic carbocycles. The van der Waals surface area contributed by atoms with Gasteiger partial charge in [-0.05, 0) is 37.0 Å². The van der Waals surface area contributed by atoms with Crippen LogP contribution in [0.1, 0.15) is 49.6 Å². The minimum absolute atomic E-state index is 0.0195. The lowest BCUT2D eigenvalue weighted by molar-refractivity contribution is -0.0512. The van der Waals surface area contributed by atoms with E-state index in [-0.39, 0.29) is 11.5 Å². The second kappa shape index (κ2) is 12.0. The van der Waals surface area contributed by atoms with Crippen molar-refractivity contribution < 1.29 is 22.8 Å². The molecule has 0 unspecified atom stereocenters. The SMILES string of the molecule is CCC(CC)c1cc(CNC(=NC)NCCc2ccc(OC)c(OC(F)F)c2)on1. The first-order chi connectivity index (χ1) is 14.5. The molecule has 0 amide bonds. The third-order valence-corrected chi connectivity index (χ3v) is 4.78. The molecule has 9 heteroatoms. The van der Waals surface area contributed by atoms with E-state index in [0.717, 1.165) is 29.9 Å². The summed E-state index contributed by atoms with van der Waals surface area (Å²) >= 11 is 0. The zero-order valence-corrected chi connectivity index (χ0v) is 17.9. The molecule has 2 N–H and O–H groups in total. The van der Waals surface area contributed by atoms with Gasteiger partial charge in [0.1, 0.15) is 0 Å². The van der Waals surface area contributed by atoms with Gasteiger partial charge in [0.15, 0.2) is 23.2 Å². The number of methoxy groups -OCH3 is 1. The van der Waals surface area contributed by atoms with Gasteiger partial charge < -0.3 is 24.6 Å². The van der Waals surface area contributed by atoms with E-state index in [9.17, 15) is 8.78 Å². The van der Waals surface area contributed by atoms with Crippen molar-refractivity contribution in [2.75, 3.05) is 20.7 Å². The minimum atomic E-state index is -2.91. The van der Waals surface area contributed by atoms with Crippen molar-refractivity contribution in [1.82, 2.24) is 15.8 Å². The number of hydrogen-bond donors (Lipinski definition) is 2. The lowest BCUT2D eigenvalue weighted by atomic mass is 9.99. The average Bonchev–Trinajstić information content (AvgIpc) is 3.20. The van der Waals surface area contributed by atoms with Crippen LogP contribution in [0.15, 0.2) is 33.8 Å². The molecule has 30 heavy (non-hydrogen) atoms. The summed E-state index contributed by atoms with van der Waals surface area (Å²) in [6, 6.07) is 6.95. The van der Waals surface area contributed by atoms with Gasteiger partial charge >= 0.3 is 6.61 Å². The van der Waals surface area contributed by atoms with Crippen molar-refractivity contribution in [1.29, 1.82) is 0 Å². The highest BCUT2D eigenvalue weighted by atomic mass is 19.3. The molecule has 0 saturated carbocycles. The van der Waals surface area contributed by atoms with Crippen LogP contribution >= 0.6 is 0 Å². The lowest BCUT2D eigenvalue weighted by Gasteiger charge is -2.13. The summed E-state index contributed by atoms with van der Waals surface area (Å²) in [4.78, 5) is 4.18. The van der Waals surface area contributed by atoms with Crippen LogP contribution < -0.4 is 20.1 Å². The van der Waals surface area contributed by atoms with Crippen molar-refractivity contribution in [3.63, 3.8) is 0 Å². The molecule has 2 aromatic rings. The highest BCUT2D eigenvalue weighted by Crippen LogP contribution is 2.29. The molecule has 0 radical (unpaired) electrons. The molecular weight excluding hydrogens is 394 g/mol. The Labute approximate surface area is 175 Å². The highest BCUT2D eigenvalue weighted by Gasteiger charge is 2.13. The first-order valence-corrected chi connectivity index (χ1v) is 10.0. The fourth-order valence-electron chi connectivity index (χ4n) is 3.09. The maximum Gasteiger partial charge on any atom is 0.387 e. The van der Waals surface area contributed by atoms with Crippen LogP contribution in [-0.2, 0) is 13.0 Å². The van der Waals surface area contributed by atoms with Crippen LogP contribution in [0, 0.1) is 0 Å². The van der Waals surface area contributed by atoms with Crippen LogP contribution in [0.3, 0.4) is 0 Å². The predicted molar refractivity (Wildman–Crippen MR) is 111 cm³/mol. The number of aliphatic imine (C=N–C) groups is 1. The maximum absolute atomic E-state index is 12.6. The highest BCUT2D eigenvalue weighted by molar-refractivity contribution is 5.79. The largest absolute Gasteiger partial charge is 0.493 e. The number of alkyl halides is 2. The van der Waals surface area contributed by atoms with Crippen molar-refractivity contribution in [3.05, 3.63) is 41.3 Å². The molecule has 1 heterocycles. The van der Waals surface area contributed by atoms with Crippen molar-refractivity contribution in [2.24, 2.45) is 4.99 Å². The van der Waals surface area contributed by atoms with E-state index in [4.69, 9.17) is 9.26 Å². The Kier molecular flexibility index (Phi) is 9.37. The molecule has 166 valence electrons. The second-order valence-corrected chi connectivity index (χ2v) is 6.70. The van der Waals surface area contributed by atoms with Gasteiger partial charge in [0.2, 0.25) is 0 Å². The van der Waals surface area contributed by atoms with Crippen molar-refractivity contribution in [3.8, 4) is 11.5 Å². The fourth-order valence-corrected chi connectivity index (χ4v) is 3.09. The van der Waals surface area contributed by atoms with Crippen LogP contribution in [0.25, 0.3) is 0 Å². The van der Waals surface area contributed by atoms with Crippen LogP contribution in [0.2, 0.25) is 0 Å². The molecule has 1 aromatic heterocycles. The number of ether oxygens (including phenoxy) is 2. The number of nitrogens with one attached hydrogen (secondary N) is 2. The van der Waals surface area contributed by atoms with Gasteiger partial charge in [-0.2, -0.15) is 8.78 Å². The Bertz CT molecular complexity index is 807. The summed E-state index contributed by atoms with van der Waals surface area (Å²) in [7, 11) is 3.08. The molecule has 0 aliphatic heterocycles. The fraction of sp³-hybridized carbons (Fsp3) is 0.524. The maximum atomic E-state index is 12.6. The third kappa shape index (κ3) is 6.89. The number of rotatable bonds is 11. The van der Waals surface area contributed by atoms with E-state index < -0.39 is 6.61 Å². The van der Waals surface area contributed by atoms with Gasteiger partial charge in [0, 0.05) is 25.6 Å². The van der Waals surface area contributed by atoms with Gasteiger partial charge in [-0.1, -0.05) is 25.1 Å². The second-order valence-electron chi connectivity index (χ2n) is 6.70. The smallest absolute Gasteiger partial charge is 0.387 e. The van der Waals surface area contributed by atoms with Crippen LogP contribution in [-0.4, -0.2) is 38.4 Å². The molecule has 2 rings (SSSR count). The average molecular weight is 424 g/mol. The Morgan fingerprint density at radius 1 is 1.17 bits per heavy atom. The van der Waals surface area contributed by atoms with E-state index in [0.29, 0.717) is 31.4 Å². The number of halogens is 2. The molecule has 0 spiro atoms. The zero-order valence-electron chi connectivity index (χ0n) is 17.9. The summed E-state index contributed by atoms with van der Waals surface area (Å²) in [6.07, 6.45) is 2.63. The number of nitrogens with zero attached hydrogens (tertiary/aromatic N) is 2. The Morgan fingerprint density at radius 3 is 2.57 bits per heavy atom. The molecule has 0 atom stereocenters. The minimum Gasteiger partial charge on any atom is -0.493 e. The Hall–Kier alpha value is -2.84. The molecule has 0 saturated heterocycles. The molecule has 0 fully saturated rings. The van der Waals surface area contributed by atoms with Gasteiger partial charge in [-0.25, -0.2) is 0 Å². The molecule has 0 aliphatic rings. The van der Waals surface area contributed by atoms with Crippen molar-refractivity contribution in [2.45, 2.75) is 52.2 Å². The molecule has 1 aromatic carbocycles. The first kappa shape index (κ1) is 23.4. The molecule has 0 bridgehead atoms. The van der Waals surface area contributed by atoms with E-state index in [1.807, 2.05) is 12.1 Å². The van der Waals surface area contributed by atoms with Gasteiger partial charge in [0.05, 0.1) is 19.3 Å². The van der Waals surface area contributed by atoms with E-state index in [1.54, 1.807) is 19.2 Å². The van der Waals surface area contributed by atoms with E-state index in [2.05, 4.69) is 39.4 Å². The molecular formula is C21H30F2N4O3. The number of guanidine groups is 1. The Morgan fingerprint density at radius 2 is 1.93 bits per heavy atom. The van der Waals surface area contributed by atoms with Gasteiger partial charge in [0.25, 0.3) is 0 Å². The van der Waals surface area contributed by atoms with Crippen LogP contribution in [0.5, 0.6) is 11.5 Å². The summed E-state index contributed by atoms with van der Waals surface area (Å²) < 4.78 is 40.1. The van der Waals surface area contributed by atoms with Crippen molar-refractivity contribution >= 4 is 5.96 Å². The predicted octanol–water partition coefficient (Wildman–Crippen LogP) is 4.10. The summed E-state index contributed by atoms with van der Waals surface area (Å²) in [5.74, 6) is 2.04. The van der Waals surface area contributed by atoms with Gasteiger partial charge in [-0.3, -0.25) is 4.99 Å². The van der Waals surface area contributed by atoms with E-state index in [1.165, 1.54) is 7.11 Å². The first-order valence-electron chi connectivity index (χ1n) is 10.0. The standard InChI is InChI=1S/C21H30F2N4O3/c1-5-15(6-2)17-12-16(30-27-17)13-26-21(24-3)25-10-9-14-7-8-18(28-4)19(11-14)29-20(22)23/h7-8,11-12,15,20H,5-6,9-10,13H2,1-4H3,(H2,24,25,26). The summed E-state index contributed by atoms with van der Waals surface area (Å²) in [6.45, 7) is 2.38. The monoisotopic (exact) mass is 424 g/mol.